The molecule has 0 bridgehead atoms. The van der Waals surface area contributed by atoms with E-state index in [1.807, 2.05) is 26.8 Å². The summed E-state index contributed by atoms with van der Waals surface area (Å²) in [6.07, 6.45) is 2.78. The zero-order valence-corrected chi connectivity index (χ0v) is 17.7. The lowest BCUT2D eigenvalue weighted by atomic mass is 9.95. The van der Waals surface area contributed by atoms with Gasteiger partial charge >= 0.3 is 11.6 Å². The molecule has 0 aliphatic carbocycles. The van der Waals surface area contributed by atoms with Crippen LogP contribution in [-0.4, -0.2) is 37.0 Å². The number of nitrogens with zero attached hydrogens (tertiary/aromatic N) is 1. The summed E-state index contributed by atoms with van der Waals surface area (Å²) in [4.78, 5) is 38.9. The molecule has 3 aromatic rings. The third kappa shape index (κ3) is 3.28. The highest BCUT2D eigenvalue weighted by Gasteiger charge is 2.29. The Morgan fingerprint density at radius 1 is 1.13 bits per heavy atom. The van der Waals surface area contributed by atoms with Crippen LogP contribution in [0.2, 0.25) is 0 Å². The van der Waals surface area contributed by atoms with Crippen LogP contribution in [0.3, 0.4) is 0 Å². The largest absolute Gasteiger partial charge is 0.469 e. The van der Waals surface area contributed by atoms with Gasteiger partial charge in [0.15, 0.2) is 0 Å². The molecule has 1 amide bonds. The van der Waals surface area contributed by atoms with Crippen LogP contribution in [0, 0.1) is 26.7 Å². The van der Waals surface area contributed by atoms with E-state index in [4.69, 9.17) is 13.6 Å². The second-order valence-corrected chi connectivity index (χ2v) is 8.04. The molecular weight excluding hydrogens is 386 g/mol. The van der Waals surface area contributed by atoms with Crippen molar-refractivity contribution in [1.82, 2.24) is 4.90 Å². The standard InChI is InChI=1S/C23H25NO6/c1-12-9-17-20(21-19(12)13(2)11-29-21)14(3)16(23(27)30-17)10-18(25)24-7-5-15(6-8-24)22(26)28-4/h9,11,15H,5-8,10H2,1-4H3. The third-order valence-electron chi connectivity index (χ3n) is 6.18. The number of methoxy groups -OCH3 is 1. The molecule has 0 spiro atoms. The number of amides is 1. The number of aryl methyl sites for hydroxylation is 3. The minimum atomic E-state index is -0.500. The van der Waals surface area contributed by atoms with Crippen molar-refractivity contribution in [2.75, 3.05) is 20.2 Å². The second kappa shape index (κ2) is 7.63. The highest BCUT2D eigenvalue weighted by atomic mass is 16.5. The van der Waals surface area contributed by atoms with Crippen molar-refractivity contribution in [3.05, 3.63) is 45.0 Å². The van der Waals surface area contributed by atoms with Gasteiger partial charge in [-0.05, 0) is 56.4 Å². The van der Waals surface area contributed by atoms with Crippen molar-refractivity contribution in [1.29, 1.82) is 0 Å². The Labute approximate surface area is 173 Å². The summed E-state index contributed by atoms with van der Waals surface area (Å²) in [7, 11) is 1.38. The molecule has 2 aromatic heterocycles. The molecule has 158 valence electrons. The zero-order chi connectivity index (χ0) is 21.6. The first kappa shape index (κ1) is 20.2. The molecule has 30 heavy (non-hydrogen) atoms. The van der Waals surface area contributed by atoms with E-state index in [9.17, 15) is 14.4 Å². The Balaban J connectivity index is 1.66. The lowest BCUT2D eigenvalue weighted by molar-refractivity contribution is -0.148. The average Bonchev–Trinajstić information content (AvgIpc) is 3.12. The van der Waals surface area contributed by atoms with Crippen molar-refractivity contribution in [2.24, 2.45) is 5.92 Å². The summed E-state index contributed by atoms with van der Waals surface area (Å²) in [5, 5.41) is 1.73. The predicted octanol–water partition coefficient (Wildman–Crippen LogP) is 3.42. The average molecular weight is 411 g/mol. The molecule has 1 aliphatic rings. The maximum atomic E-state index is 12.9. The van der Waals surface area contributed by atoms with Gasteiger partial charge in [-0.25, -0.2) is 4.79 Å². The van der Waals surface area contributed by atoms with Crippen molar-refractivity contribution >= 4 is 33.8 Å². The molecule has 0 saturated carbocycles. The van der Waals surface area contributed by atoms with Crippen molar-refractivity contribution < 1.29 is 23.2 Å². The minimum Gasteiger partial charge on any atom is -0.469 e. The van der Waals surface area contributed by atoms with Gasteiger partial charge in [-0.1, -0.05) is 0 Å². The molecule has 7 heteroatoms. The van der Waals surface area contributed by atoms with Crippen LogP contribution in [0.1, 0.15) is 35.1 Å². The molecule has 0 unspecified atom stereocenters. The van der Waals surface area contributed by atoms with Gasteiger partial charge in [0.1, 0.15) is 11.2 Å². The lowest BCUT2D eigenvalue weighted by Crippen LogP contribution is -2.41. The number of hydrogen-bond acceptors (Lipinski definition) is 6. The van der Waals surface area contributed by atoms with Crippen molar-refractivity contribution in [2.45, 2.75) is 40.0 Å². The molecule has 1 fully saturated rings. The number of furan rings is 1. The fourth-order valence-corrected chi connectivity index (χ4v) is 4.47. The zero-order valence-electron chi connectivity index (χ0n) is 17.7. The quantitative estimate of drug-likeness (QED) is 0.485. The second-order valence-electron chi connectivity index (χ2n) is 8.04. The van der Waals surface area contributed by atoms with Gasteiger partial charge in [0, 0.05) is 18.5 Å². The smallest absolute Gasteiger partial charge is 0.340 e. The summed E-state index contributed by atoms with van der Waals surface area (Å²) >= 11 is 0. The van der Waals surface area contributed by atoms with Crippen LogP contribution in [0.25, 0.3) is 21.9 Å². The van der Waals surface area contributed by atoms with E-state index < -0.39 is 5.63 Å². The highest BCUT2D eigenvalue weighted by molar-refractivity contribution is 6.07. The Hall–Kier alpha value is -3.09. The summed E-state index contributed by atoms with van der Waals surface area (Å²) in [6, 6.07) is 1.85. The SMILES string of the molecule is COC(=O)C1CCN(C(=O)Cc2c(C)c3c(cc(C)c4c(C)coc43)oc2=O)CC1. The van der Waals surface area contributed by atoms with Crippen molar-refractivity contribution in [3.63, 3.8) is 0 Å². The van der Waals surface area contributed by atoms with Gasteiger partial charge in [0.05, 0.1) is 36.7 Å². The predicted molar refractivity (Wildman–Crippen MR) is 111 cm³/mol. The topological polar surface area (TPSA) is 90.0 Å². The first-order chi connectivity index (χ1) is 14.3. The maximum absolute atomic E-state index is 12.9. The van der Waals surface area contributed by atoms with E-state index in [-0.39, 0.29) is 24.2 Å². The van der Waals surface area contributed by atoms with Crippen LogP contribution in [0.15, 0.2) is 26.0 Å². The lowest BCUT2D eigenvalue weighted by Gasteiger charge is -2.30. The molecule has 1 aliphatic heterocycles. The number of hydrogen-bond donors (Lipinski definition) is 0. The molecule has 1 aromatic carbocycles. The number of ether oxygens (including phenoxy) is 1. The van der Waals surface area contributed by atoms with Crippen LogP contribution in [-0.2, 0) is 20.7 Å². The van der Waals surface area contributed by atoms with Gasteiger partial charge < -0.3 is 18.5 Å². The molecule has 0 radical (unpaired) electrons. The highest BCUT2D eigenvalue weighted by Crippen LogP contribution is 2.34. The third-order valence-corrected chi connectivity index (χ3v) is 6.18. The first-order valence-corrected chi connectivity index (χ1v) is 10.1. The molecule has 7 nitrogen and oxygen atoms in total. The van der Waals surface area contributed by atoms with Crippen molar-refractivity contribution in [3.8, 4) is 0 Å². The van der Waals surface area contributed by atoms with Gasteiger partial charge in [-0.15, -0.1) is 0 Å². The molecule has 0 N–H and O–H groups in total. The molecule has 0 atom stereocenters. The Morgan fingerprint density at radius 2 is 1.83 bits per heavy atom. The minimum absolute atomic E-state index is 0.0396. The number of carbonyl (C=O) groups is 2. The molecule has 4 rings (SSSR count). The molecular formula is C23H25NO6. The summed E-state index contributed by atoms with van der Waals surface area (Å²) < 4.78 is 16.2. The number of benzene rings is 1. The van der Waals surface area contributed by atoms with Gasteiger partial charge in [0.2, 0.25) is 5.91 Å². The van der Waals surface area contributed by atoms with E-state index in [2.05, 4.69) is 0 Å². The van der Waals surface area contributed by atoms with Gasteiger partial charge in [-0.3, -0.25) is 9.59 Å². The fourth-order valence-electron chi connectivity index (χ4n) is 4.47. The monoisotopic (exact) mass is 411 g/mol. The van der Waals surface area contributed by atoms with E-state index >= 15 is 0 Å². The van der Waals surface area contributed by atoms with E-state index in [1.54, 1.807) is 11.2 Å². The maximum Gasteiger partial charge on any atom is 0.340 e. The van der Waals surface area contributed by atoms with Crippen LogP contribution in [0.4, 0.5) is 0 Å². The van der Waals surface area contributed by atoms with Crippen LogP contribution in [0.5, 0.6) is 0 Å². The Kier molecular flexibility index (Phi) is 5.13. The van der Waals surface area contributed by atoms with Crippen LogP contribution >= 0.6 is 0 Å². The normalized spacial score (nSPS) is 15.1. The summed E-state index contributed by atoms with van der Waals surface area (Å²) in [5.74, 6) is -0.557. The first-order valence-electron chi connectivity index (χ1n) is 10.1. The molecule has 1 saturated heterocycles. The fraction of sp³-hybridized carbons (Fsp3) is 0.435. The van der Waals surface area contributed by atoms with E-state index in [0.717, 1.165) is 21.9 Å². The number of piperidine rings is 1. The van der Waals surface area contributed by atoms with Crippen LogP contribution < -0.4 is 5.63 Å². The Bertz CT molecular complexity index is 1210. The molecule has 3 heterocycles. The number of esters is 1. The number of rotatable bonds is 3. The number of carbonyl (C=O) groups excluding carboxylic acids is 2. The number of fused-ring (bicyclic) bond motifs is 3. The van der Waals surface area contributed by atoms with Gasteiger partial charge in [-0.2, -0.15) is 0 Å². The summed E-state index contributed by atoms with van der Waals surface area (Å²) in [5.41, 5.74) is 3.69. The van der Waals surface area contributed by atoms with E-state index in [0.29, 0.717) is 48.2 Å². The summed E-state index contributed by atoms with van der Waals surface area (Å²) in [6.45, 7) is 6.70. The number of likely N-dealkylation sites (tertiary alicyclic amines) is 1. The van der Waals surface area contributed by atoms with Gasteiger partial charge in [0.25, 0.3) is 0 Å². The Morgan fingerprint density at radius 3 is 2.50 bits per heavy atom. The van der Waals surface area contributed by atoms with E-state index in [1.165, 1.54) is 7.11 Å².